The fourth-order valence-electron chi connectivity index (χ4n) is 1.62. The summed E-state index contributed by atoms with van der Waals surface area (Å²) in [6.45, 7) is 9.85. The maximum Gasteiger partial charge on any atom is 0.306 e. The van der Waals surface area contributed by atoms with Gasteiger partial charge in [0.1, 0.15) is 12.4 Å². The van der Waals surface area contributed by atoms with Crippen molar-refractivity contribution < 1.29 is 19.1 Å². The van der Waals surface area contributed by atoms with Crippen LogP contribution in [0.2, 0.25) is 0 Å². The topological polar surface area (TPSA) is 52.6 Å². The Kier molecular flexibility index (Phi) is 7.04. The molecule has 0 aromatic carbocycles. The van der Waals surface area contributed by atoms with Crippen molar-refractivity contribution in [2.45, 2.75) is 53.6 Å². The molecule has 0 spiro atoms. The van der Waals surface area contributed by atoms with E-state index in [-0.39, 0.29) is 36.3 Å². The fraction of sp³-hybridized carbons (Fsp3) is 0.846. The molecule has 4 heteroatoms. The molecule has 0 heterocycles. The maximum atomic E-state index is 11.5. The van der Waals surface area contributed by atoms with Crippen LogP contribution in [-0.2, 0) is 19.1 Å². The number of esters is 1. The molecule has 17 heavy (non-hydrogen) atoms. The molecule has 0 aromatic heterocycles. The van der Waals surface area contributed by atoms with Crippen LogP contribution in [0.5, 0.6) is 0 Å². The number of hydrogen-bond acceptors (Lipinski definition) is 4. The first-order valence-electron chi connectivity index (χ1n) is 5.99. The van der Waals surface area contributed by atoms with E-state index in [4.69, 9.17) is 9.47 Å². The highest BCUT2D eigenvalue weighted by Crippen LogP contribution is 2.25. The lowest BCUT2D eigenvalue weighted by molar-refractivity contribution is -0.148. The molecule has 0 fully saturated rings. The predicted octanol–water partition coefficient (Wildman–Crippen LogP) is 2.35. The molecule has 0 N–H and O–H groups in total. The van der Waals surface area contributed by atoms with Crippen LogP contribution in [0.1, 0.15) is 47.5 Å². The molecule has 0 atom stereocenters. The molecule has 0 saturated heterocycles. The van der Waals surface area contributed by atoms with Gasteiger partial charge in [0, 0.05) is 6.42 Å². The first-order valence-corrected chi connectivity index (χ1v) is 5.99. The predicted molar refractivity (Wildman–Crippen MR) is 65.7 cm³/mol. The number of ketones is 1. The zero-order valence-electron chi connectivity index (χ0n) is 11.5. The average molecular weight is 244 g/mol. The standard InChI is InChI=1S/C13H24O4/c1-10(2)16-6-7-17-12(15)9-13(4,5)8-11(3)14/h10H,6-9H2,1-5H3. The van der Waals surface area contributed by atoms with Gasteiger partial charge >= 0.3 is 5.97 Å². The lowest BCUT2D eigenvalue weighted by Crippen LogP contribution is -2.22. The van der Waals surface area contributed by atoms with Gasteiger partial charge in [0.15, 0.2) is 0 Å². The normalized spacial score (nSPS) is 11.6. The van der Waals surface area contributed by atoms with Gasteiger partial charge in [0.25, 0.3) is 0 Å². The van der Waals surface area contributed by atoms with Crippen molar-refractivity contribution in [3.05, 3.63) is 0 Å². The van der Waals surface area contributed by atoms with Gasteiger partial charge in [-0.15, -0.1) is 0 Å². The highest BCUT2D eigenvalue weighted by Gasteiger charge is 2.24. The third-order valence-corrected chi connectivity index (χ3v) is 2.15. The van der Waals surface area contributed by atoms with Crippen LogP contribution in [0.3, 0.4) is 0 Å². The molecule has 100 valence electrons. The van der Waals surface area contributed by atoms with E-state index in [0.717, 1.165) is 0 Å². The molecule has 0 rings (SSSR count). The van der Waals surface area contributed by atoms with Gasteiger partial charge in [-0.3, -0.25) is 4.79 Å². The van der Waals surface area contributed by atoms with E-state index in [1.807, 2.05) is 27.7 Å². The van der Waals surface area contributed by atoms with Crippen molar-refractivity contribution in [1.29, 1.82) is 0 Å². The third-order valence-electron chi connectivity index (χ3n) is 2.15. The van der Waals surface area contributed by atoms with Crippen LogP contribution in [0.4, 0.5) is 0 Å². The number of ether oxygens (including phenoxy) is 2. The first-order chi connectivity index (χ1) is 7.73. The highest BCUT2D eigenvalue weighted by molar-refractivity contribution is 5.77. The van der Waals surface area contributed by atoms with Crippen molar-refractivity contribution in [2.24, 2.45) is 5.41 Å². The molecule has 0 aliphatic carbocycles. The molecule has 0 saturated carbocycles. The van der Waals surface area contributed by atoms with E-state index in [9.17, 15) is 9.59 Å². The van der Waals surface area contributed by atoms with Crippen LogP contribution >= 0.6 is 0 Å². The summed E-state index contributed by atoms with van der Waals surface area (Å²) in [5.41, 5.74) is -0.332. The van der Waals surface area contributed by atoms with Gasteiger partial charge in [-0.05, 0) is 26.2 Å². The van der Waals surface area contributed by atoms with E-state index in [1.54, 1.807) is 0 Å². The number of carbonyl (C=O) groups excluding carboxylic acids is 2. The number of Topliss-reactive ketones (excluding diaryl/α,β-unsaturated/α-hetero) is 1. The Morgan fingerprint density at radius 2 is 1.71 bits per heavy atom. The second-order valence-corrected chi connectivity index (χ2v) is 5.36. The average Bonchev–Trinajstić information content (AvgIpc) is 2.08. The van der Waals surface area contributed by atoms with Crippen molar-refractivity contribution in [2.75, 3.05) is 13.2 Å². The Morgan fingerprint density at radius 1 is 1.12 bits per heavy atom. The largest absolute Gasteiger partial charge is 0.463 e. The van der Waals surface area contributed by atoms with E-state index in [2.05, 4.69) is 0 Å². The van der Waals surface area contributed by atoms with Crippen molar-refractivity contribution >= 4 is 11.8 Å². The number of carbonyl (C=O) groups is 2. The minimum atomic E-state index is -0.332. The van der Waals surface area contributed by atoms with Crippen molar-refractivity contribution in [3.63, 3.8) is 0 Å². The molecular weight excluding hydrogens is 220 g/mol. The van der Waals surface area contributed by atoms with Crippen molar-refractivity contribution in [3.8, 4) is 0 Å². The highest BCUT2D eigenvalue weighted by atomic mass is 16.6. The van der Waals surface area contributed by atoms with Crippen LogP contribution in [0, 0.1) is 5.41 Å². The summed E-state index contributed by atoms with van der Waals surface area (Å²) in [4.78, 5) is 22.5. The summed E-state index contributed by atoms with van der Waals surface area (Å²) in [6.07, 6.45) is 0.793. The molecule has 0 amide bonds. The first kappa shape index (κ1) is 16.1. The van der Waals surface area contributed by atoms with E-state index in [0.29, 0.717) is 13.0 Å². The Bertz CT molecular complexity index is 256. The Morgan fingerprint density at radius 3 is 2.18 bits per heavy atom. The van der Waals surface area contributed by atoms with E-state index in [1.165, 1.54) is 6.92 Å². The van der Waals surface area contributed by atoms with Gasteiger partial charge in [-0.2, -0.15) is 0 Å². The Hall–Kier alpha value is -0.900. The van der Waals surface area contributed by atoms with Crippen molar-refractivity contribution in [1.82, 2.24) is 0 Å². The lowest BCUT2D eigenvalue weighted by atomic mass is 9.84. The van der Waals surface area contributed by atoms with E-state index < -0.39 is 0 Å². The zero-order valence-corrected chi connectivity index (χ0v) is 11.5. The van der Waals surface area contributed by atoms with Gasteiger partial charge in [0.05, 0.1) is 19.1 Å². The second kappa shape index (κ2) is 7.43. The Labute approximate surface area is 104 Å². The summed E-state index contributed by atoms with van der Waals surface area (Å²) >= 11 is 0. The zero-order chi connectivity index (χ0) is 13.5. The van der Waals surface area contributed by atoms with Crippen LogP contribution in [0.25, 0.3) is 0 Å². The molecule has 0 bridgehead atoms. The lowest BCUT2D eigenvalue weighted by Gasteiger charge is -2.21. The van der Waals surface area contributed by atoms with Gasteiger partial charge in [-0.25, -0.2) is 0 Å². The molecule has 0 aromatic rings. The number of hydrogen-bond donors (Lipinski definition) is 0. The molecule has 0 unspecified atom stereocenters. The molecule has 0 radical (unpaired) electrons. The Balaban J connectivity index is 3.81. The monoisotopic (exact) mass is 244 g/mol. The van der Waals surface area contributed by atoms with Gasteiger partial charge in [-0.1, -0.05) is 13.8 Å². The van der Waals surface area contributed by atoms with Crippen LogP contribution < -0.4 is 0 Å². The summed E-state index contributed by atoms with van der Waals surface area (Å²) in [7, 11) is 0. The van der Waals surface area contributed by atoms with Crippen LogP contribution in [-0.4, -0.2) is 31.1 Å². The SMILES string of the molecule is CC(=O)CC(C)(C)CC(=O)OCCOC(C)C. The van der Waals surface area contributed by atoms with Crippen LogP contribution in [0.15, 0.2) is 0 Å². The van der Waals surface area contributed by atoms with Gasteiger partial charge in [0.2, 0.25) is 0 Å². The summed E-state index contributed by atoms with van der Waals surface area (Å²) in [5, 5.41) is 0. The summed E-state index contributed by atoms with van der Waals surface area (Å²) < 4.78 is 10.3. The third kappa shape index (κ3) is 10.00. The molecular formula is C13H24O4. The molecule has 4 nitrogen and oxygen atoms in total. The minimum Gasteiger partial charge on any atom is -0.463 e. The minimum absolute atomic E-state index is 0.0888. The molecule has 0 aliphatic rings. The fourth-order valence-corrected chi connectivity index (χ4v) is 1.62. The molecule has 0 aliphatic heterocycles. The summed E-state index contributed by atoms with van der Waals surface area (Å²) in [5.74, 6) is -0.186. The quantitative estimate of drug-likeness (QED) is 0.486. The maximum absolute atomic E-state index is 11.5. The second-order valence-electron chi connectivity index (χ2n) is 5.36. The summed E-state index contributed by atoms with van der Waals surface area (Å²) in [6, 6.07) is 0. The number of rotatable bonds is 8. The smallest absolute Gasteiger partial charge is 0.306 e. The van der Waals surface area contributed by atoms with Gasteiger partial charge < -0.3 is 14.3 Å². The van der Waals surface area contributed by atoms with E-state index >= 15 is 0 Å².